The minimum atomic E-state index is -0.825. The normalized spacial score (nSPS) is 11.8. The summed E-state index contributed by atoms with van der Waals surface area (Å²) in [6.07, 6.45) is 5.41. The summed E-state index contributed by atoms with van der Waals surface area (Å²) in [6, 6.07) is 11.5. The molecule has 0 bridgehead atoms. The highest BCUT2D eigenvalue weighted by Gasteiger charge is 2.11. The van der Waals surface area contributed by atoms with Crippen LogP contribution in [0.5, 0.6) is 0 Å². The van der Waals surface area contributed by atoms with Gasteiger partial charge >= 0.3 is 5.97 Å². The third kappa shape index (κ3) is 3.28. The van der Waals surface area contributed by atoms with Crippen LogP contribution in [0, 0.1) is 0 Å². The fourth-order valence-electron chi connectivity index (χ4n) is 2.10. The maximum atomic E-state index is 10.8. The predicted molar refractivity (Wildman–Crippen MR) is 74.1 cm³/mol. The van der Waals surface area contributed by atoms with E-state index in [4.69, 9.17) is 5.11 Å². The Morgan fingerprint density at radius 3 is 2.74 bits per heavy atom. The second-order valence-electron chi connectivity index (χ2n) is 4.32. The molecule has 3 nitrogen and oxygen atoms in total. The smallest absolute Gasteiger partial charge is 0.307 e. The fourth-order valence-corrected chi connectivity index (χ4v) is 2.10. The summed E-state index contributed by atoms with van der Waals surface area (Å²) in [4.78, 5) is 14.9. The average molecular weight is 253 g/mol. The second-order valence-corrected chi connectivity index (χ2v) is 4.32. The van der Waals surface area contributed by atoms with Gasteiger partial charge in [-0.05, 0) is 22.8 Å². The lowest BCUT2D eigenvalue weighted by Crippen LogP contribution is -2.03. The van der Waals surface area contributed by atoms with Crippen molar-refractivity contribution in [2.45, 2.75) is 12.3 Å². The first kappa shape index (κ1) is 13.0. The summed E-state index contributed by atoms with van der Waals surface area (Å²) in [7, 11) is 0. The quantitative estimate of drug-likeness (QED) is 0.833. The molecule has 1 N–H and O–H groups in total. The summed E-state index contributed by atoms with van der Waals surface area (Å²) in [5.74, 6) is -0.795. The first-order chi connectivity index (χ1) is 9.20. The molecule has 0 aliphatic rings. The second kappa shape index (κ2) is 5.96. The van der Waals surface area contributed by atoms with Crippen LogP contribution in [-0.2, 0) is 11.2 Å². The third-order valence-corrected chi connectivity index (χ3v) is 2.94. The maximum Gasteiger partial charge on any atom is 0.307 e. The highest BCUT2D eigenvalue weighted by Crippen LogP contribution is 2.25. The van der Waals surface area contributed by atoms with Gasteiger partial charge in [0.15, 0.2) is 0 Å². The van der Waals surface area contributed by atoms with E-state index in [1.807, 2.05) is 42.5 Å². The zero-order chi connectivity index (χ0) is 13.7. The summed E-state index contributed by atoms with van der Waals surface area (Å²) in [5.41, 5.74) is 2.87. The van der Waals surface area contributed by atoms with Crippen molar-refractivity contribution in [3.8, 4) is 0 Å². The number of pyridine rings is 1. The Bertz CT molecular complexity index is 578. The lowest BCUT2D eigenvalue weighted by molar-refractivity contribution is -0.136. The van der Waals surface area contributed by atoms with E-state index in [-0.39, 0.29) is 12.3 Å². The number of carboxylic acid groups (broad SMARTS) is 1. The van der Waals surface area contributed by atoms with Crippen molar-refractivity contribution in [2.75, 3.05) is 0 Å². The topological polar surface area (TPSA) is 50.2 Å². The van der Waals surface area contributed by atoms with E-state index in [1.165, 1.54) is 0 Å². The van der Waals surface area contributed by atoms with Crippen LogP contribution in [0.3, 0.4) is 0 Å². The van der Waals surface area contributed by atoms with Gasteiger partial charge in [0, 0.05) is 18.3 Å². The van der Waals surface area contributed by atoms with Gasteiger partial charge in [0.2, 0.25) is 0 Å². The van der Waals surface area contributed by atoms with Gasteiger partial charge in [-0.2, -0.15) is 0 Å². The first-order valence-electron chi connectivity index (χ1n) is 6.04. The molecule has 0 fully saturated rings. The highest BCUT2D eigenvalue weighted by atomic mass is 16.4. The number of allylic oxidation sites excluding steroid dienone is 1. The first-order valence-corrected chi connectivity index (χ1v) is 6.04. The van der Waals surface area contributed by atoms with Crippen LogP contribution in [-0.4, -0.2) is 16.1 Å². The SMILES string of the molecule is C=CC(c1cccnc1)c1cccc(CC(=O)O)c1. The number of carbonyl (C=O) groups is 1. The molecule has 1 aromatic carbocycles. The molecule has 2 aromatic rings. The molecule has 0 spiro atoms. The lowest BCUT2D eigenvalue weighted by atomic mass is 9.91. The number of benzene rings is 1. The van der Waals surface area contributed by atoms with E-state index in [0.29, 0.717) is 0 Å². The van der Waals surface area contributed by atoms with E-state index in [2.05, 4.69) is 11.6 Å². The van der Waals surface area contributed by atoms with Crippen LogP contribution in [0.25, 0.3) is 0 Å². The van der Waals surface area contributed by atoms with E-state index in [0.717, 1.165) is 16.7 Å². The molecule has 2 rings (SSSR count). The molecule has 0 saturated carbocycles. The summed E-state index contributed by atoms with van der Waals surface area (Å²) < 4.78 is 0. The van der Waals surface area contributed by atoms with Gasteiger partial charge in [0.1, 0.15) is 0 Å². The van der Waals surface area contributed by atoms with E-state index in [9.17, 15) is 4.79 Å². The molecule has 0 amide bonds. The maximum absolute atomic E-state index is 10.8. The summed E-state index contributed by atoms with van der Waals surface area (Å²) >= 11 is 0. The van der Waals surface area contributed by atoms with E-state index >= 15 is 0 Å². The van der Waals surface area contributed by atoms with Gasteiger partial charge in [-0.15, -0.1) is 6.58 Å². The van der Waals surface area contributed by atoms with Gasteiger partial charge in [0.25, 0.3) is 0 Å². The lowest BCUT2D eigenvalue weighted by Gasteiger charge is -2.14. The average Bonchev–Trinajstić information content (AvgIpc) is 2.40. The van der Waals surface area contributed by atoms with Crippen molar-refractivity contribution >= 4 is 5.97 Å². The molecule has 19 heavy (non-hydrogen) atoms. The Labute approximate surface area is 112 Å². The number of aromatic nitrogens is 1. The van der Waals surface area contributed by atoms with Crippen LogP contribution in [0.4, 0.5) is 0 Å². The van der Waals surface area contributed by atoms with Gasteiger partial charge in [0.05, 0.1) is 6.42 Å². The van der Waals surface area contributed by atoms with Crippen molar-refractivity contribution in [1.82, 2.24) is 4.98 Å². The van der Waals surface area contributed by atoms with Crippen LogP contribution in [0.2, 0.25) is 0 Å². The third-order valence-electron chi connectivity index (χ3n) is 2.94. The molecule has 1 heterocycles. The Morgan fingerprint density at radius 2 is 2.11 bits per heavy atom. The van der Waals surface area contributed by atoms with Gasteiger partial charge in [-0.3, -0.25) is 9.78 Å². The molecule has 0 aliphatic carbocycles. The molecule has 96 valence electrons. The van der Waals surface area contributed by atoms with Crippen molar-refractivity contribution < 1.29 is 9.90 Å². The molecule has 1 unspecified atom stereocenters. The van der Waals surface area contributed by atoms with Crippen LogP contribution >= 0.6 is 0 Å². The van der Waals surface area contributed by atoms with Crippen molar-refractivity contribution in [3.05, 3.63) is 78.1 Å². The van der Waals surface area contributed by atoms with Gasteiger partial charge < -0.3 is 5.11 Å². The van der Waals surface area contributed by atoms with Gasteiger partial charge in [-0.1, -0.05) is 36.4 Å². The molecule has 0 radical (unpaired) electrons. The minimum Gasteiger partial charge on any atom is -0.481 e. The van der Waals surface area contributed by atoms with Crippen molar-refractivity contribution in [3.63, 3.8) is 0 Å². The highest BCUT2D eigenvalue weighted by molar-refractivity contribution is 5.70. The minimum absolute atomic E-state index is 0.0300. The molecule has 1 aromatic heterocycles. The molecular formula is C16H15NO2. The van der Waals surface area contributed by atoms with Crippen molar-refractivity contribution in [1.29, 1.82) is 0 Å². The Morgan fingerprint density at radius 1 is 1.32 bits per heavy atom. The van der Waals surface area contributed by atoms with E-state index in [1.54, 1.807) is 12.4 Å². The number of carboxylic acids is 1. The molecule has 1 atom stereocenters. The standard InChI is InChI=1S/C16H15NO2/c1-2-15(14-7-4-8-17-11-14)13-6-3-5-12(9-13)10-16(18)19/h2-9,11,15H,1,10H2,(H,18,19). The Hall–Kier alpha value is -2.42. The molecule has 3 heteroatoms. The number of aliphatic carboxylic acids is 1. The summed E-state index contributed by atoms with van der Waals surface area (Å²) in [6.45, 7) is 3.86. The zero-order valence-corrected chi connectivity index (χ0v) is 10.5. The Balaban J connectivity index is 2.34. The van der Waals surface area contributed by atoms with Crippen LogP contribution in [0.1, 0.15) is 22.6 Å². The number of nitrogens with zero attached hydrogens (tertiary/aromatic N) is 1. The van der Waals surface area contributed by atoms with Crippen LogP contribution < -0.4 is 0 Å². The number of hydrogen-bond acceptors (Lipinski definition) is 2. The Kier molecular flexibility index (Phi) is 4.08. The number of hydrogen-bond donors (Lipinski definition) is 1. The largest absolute Gasteiger partial charge is 0.481 e. The van der Waals surface area contributed by atoms with E-state index < -0.39 is 5.97 Å². The monoisotopic (exact) mass is 253 g/mol. The summed E-state index contributed by atoms with van der Waals surface area (Å²) in [5, 5.41) is 8.84. The molecule has 0 saturated heterocycles. The molecular weight excluding hydrogens is 238 g/mol. The zero-order valence-electron chi connectivity index (χ0n) is 10.5. The fraction of sp³-hybridized carbons (Fsp3) is 0.125. The van der Waals surface area contributed by atoms with Gasteiger partial charge in [-0.25, -0.2) is 0 Å². The number of rotatable bonds is 5. The van der Waals surface area contributed by atoms with Crippen molar-refractivity contribution in [2.24, 2.45) is 0 Å². The molecule has 0 aliphatic heterocycles. The predicted octanol–water partition coefficient (Wildman–Crippen LogP) is 3.03. The van der Waals surface area contributed by atoms with Crippen LogP contribution in [0.15, 0.2) is 61.4 Å².